The number of carbonyl (C=O) groups is 1. The Kier molecular flexibility index (Phi) is 7.15. The first-order chi connectivity index (χ1) is 12.8. The molecule has 0 radical (unpaired) electrons. The van der Waals surface area contributed by atoms with Crippen LogP contribution in [0, 0.1) is 0 Å². The van der Waals surface area contributed by atoms with E-state index in [2.05, 4.69) is 6.58 Å². The minimum absolute atomic E-state index is 0.00993. The van der Waals surface area contributed by atoms with Gasteiger partial charge in [0, 0.05) is 11.1 Å². The standard InChI is InChI=1S/C20H22O6S/c1-15(2)20(22)26-11-10-25-12-13-27(23,24)17-8-9-19(21)18(14-17)16-6-4-3-5-7-16/h3-9,14,21H,1,10-13H2,2H3. The van der Waals surface area contributed by atoms with E-state index in [9.17, 15) is 18.3 Å². The Labute approximate surface area is 159 Å². The Morgan fingerprint density at radius 3 is 2.44 bits per heavy atom. The third kappa shape index (κ3) is 5.94. The summed E-state index contributed by atoms with van der Waals surface area (Å²) in [6.45, 7) is 5.09. The van der Waals surface area contributed by atoms with Crippen molar-refractivity contribution in [3.8, 4) is 16.9 Å². The molecule has 0 atom stereocenters. The van der Waals surface area contributed by atoms with E-state index in [1.807, 2.05) is 18.2 Å². The molecule has 0 aliphatic heterocycles. The molecule has 7 heteroatoms. The molecule has 144 valence electrons. The van der Waals surface area contributed by atoms with Crippen LogP contribution in [0.3, 0.4) is 0 Å². The van der Waals surface area contributed by atoms with Crippen molar-refractivity contribution in [1.82, 2.24) is 0 Å². The summed E-state index contributed by atoms with van der Waals surface area (Å²) in [4.78, 5) is 11.3. The van der Waals surface area contributed by atoms with Crippen LogP contribution in [-0.2, 0) is 24.1 Å². The number of aromatic hydroxyl groups is 1. The van der Waals surface area contributed by atoms with Crippen LogP contribution in [0.5, 0.6) is 5.75 Å². The van der Waals surface area contributed by atoms with E-state index in [0.29, 0.717) is 11.1 Å². The summed E-state index contributed by atoms with van der Waals surface area (Å²) in [5, 5.41) is 10.0. The molecule has 2 rings (SSSR count). The van der Waals surface area contributed by atoms with Gasteiger partial charge in [-0.25, -0.2) is 13.2 Å². The lowest BCUT2D eigenvalue weighted by atomic mass is 10.1. The summed E-state index contributed by atoms with van der Waals surface area (Å²) in [7, 11) is -3.58. The van der Waals surface area contributed by atoms with Gasteiger partial charge < -0.3 is 14.6 Å². The van der Waals surface area contributed by atoms with Gasteiger partial charge in [-0.1, -0.05) is 36.9 Å². The van der Waals surface area contributed by atoms with Crippen molar-refractivity contribution in [2.45, 2.75) is 11.8 Å². The van der Waals surface area contributed by atoms with Crippen LogP contribution in [-0.4, -0.2) is 45.1 Å². The molecule has 0 aliphatic rings. The number of benzene rings is 2. The summed E-state index contributed by atoms with van der Waals surface area (Å²) < 4.78 is 35.1. The van der Waals surface area contributed by atoms with Crippen LogP contribution >= 0.6 is 0 Å². The Bertz CT molecular complexity index is 903. The van der Waals surface area contributed by atoms with Gasteiger partial charge in [0.25, 0.3) is 0 Å². The molecular formula is C20H22O6S. The van der Waals surface area contributed by atoms with Crippen molar-refractivity contribution in [1.29, 1.82) is 0 Å². The van der Waals surface area contributed by atoms with E-state index in [4.69, 9.17) is 9.47 Å². The number of esters is 1. The van der Waals surface area contributed by atoms with Gasteiger partial charge in [-0.15, -0.1) is 0 Å². The molecule has 0 fully saturated rings. The highest BCUT2D eigenvalue weighted by Crippen LogP contribution is 2.31. The number of hydrogen-bond donors (Lipinski definition) is 1. The smallest absolute Gasteiger partial charge is 0.333 e. The molecule has 0 aliphatic carbocycles. The van der Waals surface area contributed by atoms with Gasteiger partial charge in [-0.3, -0.25) is 0 Å². The lowest BCUT2D eigenvalue weighted by molar-refractivity contribution is -0.140. The van der Waals surface area contributed by atoms with E-state index in [-0.39, 0.29) is 36.2 Å². The largest absolute Gasteiger partial charge is 0.507 e. The first-order valence-electron chi connectivity index (χ1n) is 8.33. The molecule has 0 saturated heterocycles. The van der Waals surface area contributed by atoms with Crippen LogP contribution in [0.25, 0.3) is 11.1 Å². The normalized spacial score (nSPS) is 11.1. The van der Waals surface area contributed by atoms with E-state index >= 15 is 0 Å². The second-order valence-electron chi connectivity index (χ2n) is 5.89. The number of phenolic OH excluding ortho intramolecular Hbond substituents is 1. The molecular weight excluding hydrogens is 368 g/mol. The minimum atomic E-state index is -3.58. The van der Waals surface area contributed by atoms with Crippen LogP contribution in [0.15, 0.2) is 65.6 Å². The number of phenols is 1. The first-order valence-corrected chi connectivity index (χ1v) is 9.98. The Hall–Kier alpha value is -2.64. The number of hydrogen-bond acceptors (Lipinski definition) is 6. The fourth-order valence-corrected chi connectivity index (χ4v) is 3.41. The fraction of sp³-hybridized carbons (Fsp3) is 0.250. The molecule has 27 heavy (non-hydrogen) atoms. The molecule has 1 N–H and O–H groups in total. The lowest BCUT2D eigenvalue weighted by Crippen LogP contribution is -2.16. The third-order valence-corrected chi connectivity index (χ3v) is 5.39. The van der Waals surface area contributed by atoms with E-state index in [0.717, 1.165) is 5.56 Å². The Morgan fingerprint density at radius 2 is 1.78 bits per heavy atom. The molecule has 0 saturated carbocycles. The van der Waals surface area contributed by atoms with Crippen molar-refractivity contribution in [3.05, 3.63) is 60.7 Å². The Balaban J connectivity index is 1.95. The minimum Gasteiger partial charge on any atom is -0.507 e. The summed E-state index contributed by atoms with van der Waals surface area (Å²) >= 11 is 0. The highest BCUT2D eigenvalue weighted by Gasteiger charge is 2.17. The zero-order chi connectivity index (χ0) is 19.9. The van der Waals surface area contributed by atoms with Gasteiger partial charge in [0.2, 0.25) is 0 Å². The van der Waals surface area contributed by atoms with E-state index in [1.54, 1.807) is 12.1 Å². The third-order valence-electron chi connectivity index (χ3n) is 3.72. The molecule has 0 unspecified atom stereocenters. The zero-order valence-corrected chi connectivity index (χ0v) is 15.9. The number of carbonyl (C=O) groups excluding carboxylic acids is 1. The van der Waals surface area contributed by atoms with Gasteiger partial charge in [-0.05, 0) is 30.7 Å². The highest BCUT2D eigenvalue weighted by molar-refractivity contribution is 7.91. The maximum absolute atomic E-state index is 12.5. The number of rotatable bonds is 9. The van der Waals surface area contributed by atoms with E-state index < -0.39 is 15.8 Å². The summed E-state index contributed by atoms with van der Waals surface area (Å²) in [6.07, 6.45) is 0. The molecule has 0 amide bonds. The van der Waals surface area contributed by atoms with Crippen molar-refractivity contribution >= 4 is 15.8 Å². The van der Waals surface area contributed by atoms with Gasteiger partial charge in [0.15, 0.2) is 9.84 Å². The van der Waals surface area contributed by atoms with Crippen LogP contribution < -0.4 is 0 Å². The van der Waals surface area contributed by atoms with Crippen LogP contribution in [0.1, 0.15) is 6.92 Å². The maximum atomic E-state index is 12.5. The van der Waals surface area contributed by atoms with Crippen molar-refractivity contribution < 1.29 is 27.8 Å². The molecule has 0 aromatic heterocycles. The quantitative estimate of drug-likeness (QED) is 0.402. The Morgan fingerprint density at radius 1 is 1.07 bits per heavy atom. The average Bonchev–Trinajstić information content (AvgIpc) is 2.65. The molecule has 0 bridgehead atoms. The monoisotopic (exact) mass is 390 g/mol. The second-order valence-corrected chi connectivity index (χ2v) is 8.00. The van der Waals surface area contributed by atoms with Crippen molar-refractivity contribution in [2.24, 2.45) is 0 Å². The number of sulfone groups is 1. The van der Waals surface area contributed by atoms with Gasteiger partial charge >= 0.3 is 5.97 Å². The van der Waals surface area contributed by atoms with E-state index in [1.165, 1.54) is 25.1 Å². The summed E-state index contributed by atoms with van der Waals surface area (Å²) in [6, 6.07) is 13.2. The van der Waals surface area contributed by atoms with Crippen LogP contribution in [0.4, 0.5) is 0 Å². The highest BCUT2D eigenvalue weighted by atomic mass is 32.2. The SMILES string of the molecule is C=C(C)C(=O)OCCOCCS(=O)(=O)c1ccc(O)c(-c2ccccc2)c1. The van der Waals surface area contributed by atoms with Crippen molar-refractivity contribution in [3.63, 3.8) is 0 Å². The predicted molar refractivity (Wildman–Crippen MR) is 102 cm³/mol. The second kappa shape index (κ2) is 9.34. The fourth-order valence-electron chi connectivity index (χ4n) is 2.26. The molecule has 6 nitrogen and oxygen atoms in total. The average molecular weight is 390 g/mol. The van der Waals surface area contributed by atoms with Gasteiger partial charge in [0.05, 0.1) is 23.9 Å². The predicted octanol–water partition coefficient (Wildman–Crippen LogP) is 2.97. The van der Waals surface area contributed by atoms with Gasteiger partial charge in [-0.2, -0.15) is 0 Å². The summed E-state index contributed by atoms with van der Waals surface area (Å²) in [5.74, 6) is -0.722. The zero-order valence-electron chi connectivity index (χ0n) is 15.1. The first kappa shape index (κ1) is 20.7. The molecule has 0 heterocycles. The van der Waals surface area contributed by atoms with Gasteiger partial charge in [0.1, 0.15) is 12.4 Å². The topological polar surface area (TPSA) is 89.9 Å². The number of ether oxygens (including phenoxy) is 2. The maximum Gasteiger partial charge on any atom is 0.333 e. The molecule has 2 aromatic carbocycles. The lowest BCUT2D eigenvalue weighted by Gasteiger charge is -2.10. The molecule has 0 spiro atoms. The summed E-state index contributed by atoms with van der Waals surface area (Å²) in [5.41, 5.74) is 1.46. The van der Waals surface area contributed by atoms with Crippen molar-refractivity contribution in [2.75, 3.05) is 25.6 Å². The van der Waals surface area contributed by atoms with Crippen LogP contribution in [0.2, 0.25) is 0 Å². The molecule has 2 aromatic rings.